The van der Waals surface area contributed by atoms with Gasteiger partial charge >= 0.3 is 6.18 Å². The maximum absolute atomic E-state index is 12.2. The Hall–Kier alpha value is -1.03. The van der Waals surface area contributed by atoms with Crippen LogP contribution in [0.3, 0.4) is 0 Å². The van der Waals surface area contributed by atoms with E-state index < -0.39 is 18.6 Å². The molecule has 0 spiro atoms. The number of alkyl halides is 3. The highest BCUT2D eigenvalue weighted by molar-refractivity contribution is 5.15. The topological polar surface area (TPSA) is 12.0 Å². The Kier molecular flexibility index (Phi) is 5.66. The van der Waals surface area contributed by atoms with Gasteiger partial charge < -0.3 is 5.32 Å². The zero-order chi connectivity index (χ0) is 13.6. The Morgan fingerprint density at radius 3 is 2.28 bits per heavy atom. The van der Waals surface area contributed by atoms with E-state index in [9.17, 15) is 13.2 Å². The van der Waals surface area contributed by atoms with E-state index in [0.29, 0.717) is 0 Å². The van der Waals surface area contributed by atoms with Gasteiger partial charge in [0.05, 0.1) is 6.42 Å². The highest BCUT2D eigenvalue weighted by Gasteiger charge is 2.30. The first kappa shape index (κ1) is 15.0. The molecule has 4 heteroatoms. The Morgan fingerprint density at radius 1 is 1.17 bits per heavy atom. The molecule has 0 saturated heterocycles. The molecule has 0 aliphatic rings. The molecule has 0 aromatic heterocycles. The minimum atomic E-state index is -4.10. The van der Waals surface area contributed by atoms with E-state index in [4.69, 9.17) is 0 Å². The molecular formula is C14H20F3N. The maximum atomic E-state index is 12.2. The van der Waals surface area contributed by atoms with Crippen LogP contribution in [0.15, 0.2) is 30.3 Å². The molecule has 0 amide bonds. The molecule has 1 rings (SSSR count). The van der Waals surface area contributed by atoms with Crippen LogP contribution in [0.25, 0.3) is 0 Å². The lowest BCUT2D eigenvalue weighted by molar-refractivity contribution is -0.139. The Bertz CT molecular complexity index is 335. The first-order chi connectivity index (χ1) is 8.40. The molecule has 0 aliphatic carbocycles. The summed E-state index contributed by atoms with van der Waals surface area (Å²) in [5, 5.41) is 3.05. The van der Waals surface area contributed by atoms with Gasteiger partial charge in [-0.2, -0.15) is 13.2 Å². The van der Waals surface area contributed by atoms with Crippen molar-refractivity contribution in [2.45, 2.75) is 51.4 Å². The first-order valence-corrected chi connectivity index (χ1v) is 6.27. The zero-order valence-corrected chi connectivity index (χ0v) is 10.8. The molecule has 2 atom stereocenters. The maximum Gasteiger partial charge on any atom is 0.390 e. The van der Waals surface area contributed by atoms with Crippen molar-refractivity contribution in [3.05, 3.63) is 35.9 Å². The molecule has 0 saturated carbocycles. The number of hydrogen-bond acceptors (Lipinski definition) is 1. The van der Waals surface area contributed by atoms with Crippen molar-refractivity contribution < 1.29 is 13.2 Å². The average molecular weight is 259 g/mol. The quantitative estimate of drug-likeness (QED) is 0.816. The van der Waals surface area contributed by atoms with E-state index in [1.54, 1.807) is 6.92 Å². The summed E-state index contributed by atoms with van der Waals surface area (Å²) >= 11 is 0. The third kappa shape index (κ3) is 6.05. The minimum absolute atomic E-state index is 0.0877. The van der Waals surface area contributed by atoms with Crippen molar-refractivity contribution in [2.24, 2.45) is 0 Å². The van der Waals surface area contributed by atoms with Gasteiger partial charge in [0.1, 0.15) is 0 Å². The van der Waals surface area contributed by atoms with Crippen molar-refractivity contribution in [1.82, 2.24) is 5.32 Å². The number of nitrogens with one attached hydrogen (secondary N) is 1. The molecule has 0 aliphatic heterocycles. The molecule has 0 heterocycles. The van der Waals surface area contributed by atoms with Crippen molar-refractivity contribution >= 4 is 0 Å². The van der Waals surface area contributed by atoms with Gasteiger partial charge in [-0.1, -0.05) is 37.3 Å². The molecule has 1 N–H and O–H groups in total. The second kappa shape index (κ2) is 6.78. The van der Waals surface area contributed by atoms with Crippen LogP contribution in [0.4, 0.5) is 13.2 Å². The third-order valence-corrected chi connectivity index (χ3v) is 2.88. The second-order valence-electron chi connectivity index (χ2n) is 4.68. The van der Waals surface area contributed by atoms with E-state index in [2.05, 4.69) is 5.32 Å². The summed E-state index contributed by atoms with van der Waals surface area (Å²) in [6, 6.07) is 9.37. The van der Waals surface area contributed by atoms with Crippen molar-refractivity contribution in [3.8, 4) is 0 Å². The van der Waals surface area contributed by atoms with Gasteiger partial charge in [0.2, 0.25) is 0 Å². The summed E-state index contributed by atoms with van der Waals surface area (Å²) in [6.07, 6.45) is -3.30. The molecule has 1 aromatic carbocycles. The largest absolute Gasteiger partial charge is 0.390 e. The summed E-state index contributed by atoms with van der Waals surface area (Å²) in [5.41, 5.74) is 1.15. The molecular weight excluding hydrogens is 239 g/mol. The summed E-state index contributed by atoms with van der Waals surface area (Å²) in [6.45, 7) is 3.57. The number of hydrogen-bond donors (Lipinski definition) is 1. The van der Waals surface area contributed by atoms with Crippen molar-refractivity contribution in [1.29, 1.82) is 0 Å². The summed E-state index contributed by atoms with van der Waals surface area (Å²) in [5.74, 6) is 0. The summed E-state index contributed by atoms with van der Waals surface area (Å²) in [4.78, 5) is 0. The van der Waals surface area contributed by atoms with E-state index in [-0.39, 0.29) is 6.04 Å². The monoisotopic (exact) mass is 259 g/mol. The fourth-order valence-corrected chi connectivity index (χ4v) is 2.03. The van der Waals surface area contributed by atoms with Crippen molar-refractivity contribution in [2.75, 3.05) is 0 Å². The van der Waals surface area contributed by atoms with Gasteiger partial charge in [-0.3, -0.25) is 0 Å². The van der Waals surface area contributed by atoms with E-state index >= 15 is 0 Å². The Morgan fingerprint density at radius 2 is 1.78 bits per heavy atom. The van der Waals surface area contributed by atoms with Crippen LogP contribution in [0.5, 0.6) is 0 Å². The normalized spacial score (nSPS) is 15.4. The predicted molar refractivity (Wildman–Crippen MR) is 67.5 cm³/mol. The SMILES string of the molecule is CCC(Cc1ccccc1)NC(C)CC(F)(F)F. The highest BCUT2D eigenvalue weighted by atomic mass is 19.4. The number of halogens is 3. The molecule has 18 heavy (non-hydrogen) atoms. The molecule has 0 fully saturated rings. The van der Waals surface area contributed by atoms with E-state index in [1.807, 2.05) is 37.3 Å². The van der Waals surface area contributed by atoms with Crippen LogP contribution >= 0.6 is 0 Å². The lowest BCUT2D eigenvalue weighted by atomic mass is 10.0. The average Bonchev–Trinajstić information content (AvgIpc) is 2.27. The second-order valence-corrected chi connectivity index (χ2v) is 4.68. The molecule has 1 nitrogen and oxygen atoms in total. The number of rotatable bonds is 6. The Balaban J connectivity index is 2.47. The van der Waals surface area contributed by atoms with Crippen LogP contribution in [-0.2, 0) is 6.42 Å². The van der Waals surface area contributed by atoms with Crippen LogP contribution in [-0.4, -0.2) is 18.3 Å². The third-order valence-electron chi connectivity index (χ3n) is 2.88. The molecule has 2 unspecified atom stereocenters. The van der Waals surface area contributed by atoms with Crippen LogP contribution in [0.2, 0.25) is 0 Å². The van der Waals surface area contributed by atoms with Gasteiger partial charge in [-0.25, -0.2) is 0 Å². The lowest BCUT2D eigenvalue weighted by Crippen LogP contribution is -2.40. The first-order valence-electron chi connectivity index (χ1n) is 6.27. The van der Waals surface area contributed by atoms with Gasteiger partial charge in [0.25, 0.3) is 0 Å². The molecule has 102 valence electrons. The number of benzene rings is 1. The van der Waals surface area contributed by atoms with Gasteiger partial charge in [-0.15, -0.1) is 0 Å². The smallest absolute Gasteiger partial charge is 0.311 e. The van der Waals surface area contributed by atoms with Crippen molar-refractivity contribution in [3.63, 3.8) is 0 Å². The summed E-state index contributed by atoms with van der Waals surface area (Å²) < 4.78 is 36.7. The molecule has 0 bridgehead atoms. The molecule has 1 aromatic rings. The van der Waals surface area contributed by atoms with Crippen LogP contribution < -0.4 is 5.32 Å². The zero-order valence-electron chi connectivity index (χ0n) is 10.8. The van der Waals surface area contributed by atoms with Gasteiger partial charge in [0.15, 0.2) is 0 Å². The molecule has 0 radical (unpaired) electrons. The Labute approximate surface area is 106 Å². The fourth-order valence-electron chi connectivity index (χ4n) is 2.03. The van der Waals surface area contributed by atoms with Crippen LogP contribution in [0.1, 0.15) is 32.3 Å². The minimum Gasteiger partial charge on any atom is -0.311 e. The van der Waals surface area contributed by atoms with E-state index in [0.717, 1.165) is 18.4 Å². The predicted octanol–water partition coefficient (Wildman–Crippen LogP) is 3.94. The summed E-state index contributed by atoms with van der Waals surface area (Å²) in [7, 11) is 0. The fraction of sp³-hybridized carbons (Fsp3) is 0.571. The van der Waals surface area contributed by atoms with E-state index in [1.165, 1.54) is 0 Å². The van der Waals surface area contributed by atoms with Gasteiger partial charge in [0, 0.05) is 12.1 Å². The van der Waals surface area contributed by atoms with Crippen LogP contribution in [0, 0.1) is 0 Å². The standard InChI is InChI=1S/C14H20F3N/c1-3-13(9-12-7-5-4-6-8-12)18-11(2)10-14(15,16)17/h4-8,11,13,18H,3,9-10H2,1-2H3. The lowest BCUT2D eigenvalue weighted by Gasteiger charge is -2.23. The van der Waals surface area contributed by atoms with Gasteiger partial charge in [-0.05, 0) is 25.3 Å². The highest BCUT2D eigenvalue weighted by Crippen LogP contribution is 2.21.